The van der Waals surface area contributed by atoms with Crippen LogP contribution in [0.15, 0.2) is 6.20 Å². The minimum absolute atomic E-state index is 0.0342. The number of aliphatic hydroxyl groups excluding tert-OH is 1. The van der Waals surface area contributed by atoms with Crippen molar-refractivity contribution < 1.29 is 23.4 Å². The fraction of sp³-hybridized carbons (Fsp3) is 0.444. The fourth-order valence-corrected chi connectivity index (χ4v) is 1.29. The minimum atomic E-state index is -4.69. The Morgan fingerprint density at radius 1 is 1.50 bits per heavy atom. The second-order valence-electron chi connectivity index (χ2n) is 3.31. The number of aryl methyl sites for hydroxylation is 1. The lowest BCUT2D eigenvalue weighted by atomic mass is 10.0. The van der Waals surface area contributed by atoms with Gasteiger partial charge in [0.15, 0.2) is 0 Å². The van der Waals surface area contributed by atoms with Gasteiger partial charge in [-0.1, -0.05) is 0 Å². The quantitative estimate of drug-likeness (QED) is 0.719. The van der Waals surface area contributed by atoms with Crippen LogP contribution < -0.4 is 5.73 Å². The number of nitrogens with zero attached hydrogens (tertiary/aromatic N) is 1. The monoisotopic (exact) mass is 236 g/mol. The first-order valence-corrected chi connectivity index (χ1v) is 4.39. The lowest BCUT2D eigenvalue weighted by molar-refractivity contribution is -0.149. The van der Waals surface area contributed by atoms with Crippen LogP contribution in [0.5, 0.6) is 5.75 Å². The molecule has 0 saturated heterocycles. The van der Waals surface area contributed by atoms with E-state index in [2.05, 4.69) is 4.98 Å². The van der Waals surface area contributed by atoms with E-state index < -0.39 is 30.1 Å². The summed E-state index contributed by atoms with van der Waals surface area (Å²) in [5.74, 6) is -0.628. The molecule has 1 aromatic heterocycles. The summed E-state index contributed by atoms with van der Waals surface area (Å²) in [6.45, 7) is 0.684. The molecule has 90 valence electrons. The molecule has 0 aliphatic rings. The molecular formula is C9H11F3N2O2. The van der Waals surface area contributed by atoms with Crippen molar-refractivity contribution in [2.24, 2.45) is 5.73 Å². The van der Waals surface area contributed by atoms with Crippen molar-refractivity contribution in [3.8, 4) is 5.75 Å². The third-order valence-corrected chi connectivity index (χ3v) is 2.19. The van der Waals surface area contributed by atoms with Crippen LogP contribution in [0.3, 0.4) is 0 Å². The SMILES string of the molecule is Cc1ncc(CO)c([C@H](N)C(F)(F)F)c1O. The van der Waals surface area contributed by atoms with Gasteiger partial charge in [-0.15, -0.1) is 0 Å². The van der Waals surface area contributed by atoms with E-state index in [1.165, 1.54) is 6.92 Å². The van der Waals surface area contributed by atoms with Crippen LogP contribution in [-0.4, -0.2) is 21.4 Å². The summed E-state index contributed by atoms with van der Waals surface area (Å²) in [7, 11) is 0. The van der Waals surface area contributed by atoms with Gasteiger partial charge in [-0.25, -0.2) is 0 Å². The van der Waals surface area contributed by atoms with Gasteiger partial charge in [-0.2, -0.15) is 13.2 Å². The molecule has 0 saturated carbocycles. The number of pyridine rings is 1. The molecule has 7 heteroatoms. The molecule has 1 rings (SSSR count). The maximum absolute atomic E-state index is 12.4. The Bertz CT molecular complexity index is 393. The highest BCUT2D eigenvalue weighted by atomic mass is 19.4. The number of hydrogen-bond donors (Lipinski definition) is 3. The molecule has 1 heterocycles. The summed E-state index contributed by atoms with van der Waals surface area (Å²) in [5, 5.41) is 18.4. The van der Waals surface area contributed by atoms with Gasteiger partial charge in [0.2, 0.25) is 0 Å². The molecular weight excluding hydrogens is 225 g/mol. The zero-order valence-electron chi connectivity index (χ0n) is 8.41. The lowest BCUT2D eigenvalue weighted by Crippen LogP contribution is -2.29. The average molecular weight is 236 g/mol. The molecule has 0 fully saturated rings. The molecule has 0 aliphatic heterocycles. The van der Waals surface area contributed by atoms with Crippen molar-refractivity contribution >= 4 is 0 Å². The third kappa shape index (κ3) is 2.25. The number of rotatable bonds is 2. The molecule has 4 nitrogen and oxygen atoms in total. The number of halogens is 3. The van der Waals surface area contributed by atoms with Crippen molar-refractivity contribution in [1.29, 1.82) is 0 Å². The van der Waals surface area contributed by atoms with Crippen LogP contribution in [-0.2, 0) is 6.61 Å². The molecule has 1 aromatic rings. The number of aromatic hydroxyl groups is 1. The summed E-state index contributed by atoms with van der Waals surface area (Å²) in [6, 6.07) is -2.34. The Labute approximate surface area is 89.5 Å². The Morgan fingerprint density at radius 2 is 2.06 bits per heavy atom. The van der Waals surface area contributed by atoms with Crippen molar-refractivity contribution in [2.45, 2.75) is 25.7 Å². The topological polar surface area (TPSA) is 79.4 Å². The number of aromatic nitrogens is 1. The van der Waals surface area contributed by atoms with E-state index in [-0.39, 0.29) is 11.3 Å². The Morgan fingerprint density at radius 3 is 2.50 bits per heavy atom. The van der Waals surface area contributed by atoms with E-state index in [4.69, 9.17) is 10.8 Å². The summed E-state index contributed by atoms with van der Waals surface area (Å²) in [4.78, 5) is 3.64. The Balaban J connectivity index is 3.35. The van der Waals surface area contributed by atoms with Gasteiger partial charge < -0.3 is 15.9 Å². The van der Waals surface area contributed by atoms with Crippen LogP contribution in [0.4, 0.5) is 13.2 Å². The first-order chi connectivity index (χ1) is 7.29. The van der Waals surface area contributed by atoms with Crippen molar-refractivity contribution in [1.82, 2.24) is 4.98 Å². The second kappa shape index (κ2) is 4.26. The summed E-state index contributed by atoms with van der Waals surface area (Å²) < 4.78 is 37.3. The normalized spacial score (nSPS) is 13.9. The molecule has 16 heavy (non-hydrogen) atoms. The number of alkyl halides is 3. The van der Waals surface area contributed by atoms with Gasteiger partial charge in [0.1, 0.15) is 11.8 Å². The molecule has 0 aliphatic carbocycles. The Hall–Kier alpha value is -1.34. The van der Waals surface area contributed by atoms with Gasteiger partial charge in [0.05, 0.1) is 12.3 Å². The number of aliphatic hydroxyl groups is 1. The zero-order valence-corrected chi connectivity index (χ0v) is 8.41. The van der Waals surface area contributed by atoms with Crippen molar-refractivity contribution in [2.75, 3.05) is 0 Å². The third-order valence-electron chi connectivity index (χ3n) is 2.19. The average Bonchev–Trinajstić information content (AvgIpc) is 2.19. The maximum atomic E-state index is 12.4. The van der Waals surface area contributed by atoms with Gasteiger partial charge in [0, 0.05) is 17.3 Å². The fourth-order valence-electron chi connectivity index (χ4n) is 1.29. The van der Waals surface area contributed by atoms with Crippen LogP contribution in [0.1, 0.15) is 22.9 Å². The molecule has 0 bridgehead atoms. The van der Waals surface area contributed by atoms with Gasteiger partial charge in [-0.3, -0.25) is 4.98 Å². The molecule has 0 spiro atoms. The van der Waals surface area contributed by atoms with Crippen LogP contribution in [0.25, 0.3) is 0 Å². The minimum Gasteiger partial charge on any atom is -0.506 e. The predicted molar refractivity (Wildman–Crippen MR) is 49.5 cm³/mol. The highest BCUT2D eigenvalue weighted by Gasteiger charge is 2.40. The van der Waals surface area contributed by atoms with E-state index in [1.54, 1.807) is 0 Å². The smallest absolute Gasteiger partial charge is 0.407 e. The second-order valence-corrected chi connectivity index (χ2v) is 3.31. The van der Waals surface area contributed by atoms with Crippen LogP contribution in [0, 0.1) is 6.92 Å². The van der Waals surface area contributed by atoms with Crippen LogP contribution in [0.2, 0.25) is 0 Å². The first-order valence-electron chi connectivity index (χ1n) is 4.39. The molecule has 1 atom stereocenters. The molecule has 0 unspecified atom stereocenters. The zero-order chi connectivity index (χ0) is 12.5. The highest BCUT2D eigenvalue weighted by Crippen LogP contribution is 2.37. The standard InChI is InChI=1S/C9H11F3N2O2/c1-4-7(16)6(5(3-15)2-14-4)8(13)9(10,11)12/h2,8,15-16H,3,13H2,1H3/t8-/m0/s1. The largest absolute Gasteiger partial charge is 0.506 e. The molecule has 4 N–H and O–H groups in total. The van der Waals surface area contributed by atoms with E-state index in [1.807, 2.05) is 0 Å². The Kier molecular flexibility index (Phi) is 3.39. The van der Waals surface area contributed by atoms with Crippen molar-refractivity contribution in [3.05, 3.63) is 23.0 Å². The van der Waals surface area contributed by atoms with E-state index in [0.29, 0.717) is 0 Å². The highest BCUT2D eigenvalue weighted by molar-refractivity contribution is 5.43. The van der Waals surface area contributed by atoms with Gasteiger partial charge in [-0.05, 0) is 6.92 Å². The van der Waals surface area contributed by atoms with E-state index >= 15 is 0 Å². The summed E-state index contributed by atoms with van der Waals surface area (Å²) in [6.07, 6.45) is -3.62. The predicted octanol–water partition coefficient (Wildman–Crippen LogP) is 1.15. The van der Waals surface area contributed by atoms with Gasteiger partial charge >= 0.3 is 6.18 Å². The van der Waals surface area contributed by atoms with E-state index in [0.717, 1.165) is 6.20 Å². The van der Waals surface area contributed by atoms with Crippen molar-refractivity contribution in [3.63, 3.8) is 0 Å². The lowest BCUT2D eigenvalue weighted by Gasteiger charge is -2.20. The first kappa shape index (κ1) is 12.7. The molecule has 0 amide bonds. The number of nitrogens with two attached hydrogens (primary N) is 1. The summed E-state index contributed by atoms with van der Waals surface area (Å²) in [5.41, 5.74) is 4.37. The van der Waals surface area contributed by atoms with Crippen LogP contribution >= 0.6 is 0 Å². The summed E-state index contributed by atoms with van der Waals surface area (Å²) >= 11 is 0. The maximum Gasteiger partial charge on any atom is 0.407 e. The van der Waals surface area contributed by atoms with E-state index in [9.17, 15) is 18.3 Å². The molecule has 0 radical (unpaired) electrons. The number of hydrogen-bond acceptors (Lipinski definition) is 4. The van der Waals surface area contributed by atoms with Gasteiger partial charge in [0.25, 0.3) is 0 Å². The molecule has 0 aromatic carbocycles.